The number of carbonyl (C=O) groups is 2. The lowest BCUT2D eigenvalue weighted by atomic mass is 9.91. The lowest BCUT2D eigenvalue weighted by Gasteiger charge is -2.22. The number of hydrogen-bond acceptors (Lipinski definition) is 4. The SMILES string of the molecule is [B]P(P)OC1CC2OC(=O)CC2C1/C=C/C(=O)CCc1ccccc1. The maximum absolute atomic E-state index is 12.2. The molecule has 2 radical (unpaired) electrons. The standard InChI is InChI=1S/C18H21BO4P2/c19-25(24)23-17-11-16-15(10-18(21)22-16)14(17)9-8-13(20)7-6-12-4-2-1-3-5-12/h1-5,8-9,14-17H,6-7,10-11,24H2/b9-8+. The fourth-order valence-electron chi connectivity index (χ4n) is 3.65. The Kier molecular flexibility index (Phi) is 6.44. The quantitative estimate of drug-likeness (QED) is 0.318. The van der Waals surface area contributed by atoms with Gasteiger partial charge in [-0.2, -0.15) is 0 Å². The number of esters is 1. The van der Waals surface area contributed by atoms with Gasteiger partial charge in [-0.15, -0.1) is 0 Å². The van der Waals surface area contributed by atoms with Crippen molar-refractivity contribution in [3.05, 3.63) is 48.0 Å². The Bertz CT molecular complexity index is 650. The van der Waals surface area contributed by atoms with Gasteiger partial charge < -0.3 is 9.26 Å². The lowest BCUT2D eigenvalue weighted by Crippen LogP contribution is -2.19. The van der Waals surface area contributed by atoms with Crippen LogP contribution in [-0.2, 0) is 25.3 Å². The summed E-state index contributed by atoms with van der Waals surface area (Å²) >= 11 is 0. The zero-order valence-corrected chi connectivity index (χ0v) is 16.0. The molecule has 6 atom stereocenters. The molecule has 3 rings (SSSR count). The zero-order valence-electron chi connectivity index (χ0n) is 13.9. The molecule has 25 heavy (non-hydrogen) atoms. The summed E-state index contributed by atoms with van der Waals surface area (Å²) in [5.74, 6) is -0.0119. The molecule has 4 nitrogen and oxygen atoms in total. The van der Waals surface area contributed by atoms with Crippen LogP contribution in [0.5, 0.6) is 0 Å². The van der Waals surface area contributed by atoms with E-state index in [4.69, 9.17) is 16.8 Å². The van der Waals surface area contributed by atoms with E-state index < -0.39 is 7.72 Å². The highest BCUT2D eigenvalue weighted by Gasteiger charge is 2.49. The first-order valence-electron chi connectivity index (χ1n) is 8.43. The van der Waals surface area contributed by atoms with E-state index in [1.54, 1.807) is 6.08 Å². The number of hydrogen-bond donors (Lipinski definition) is 0. The lowest BCUT2D eigenvalue weighted by molar-refractivity contribution is -0.141. The molecule has 2 aliphatic rings. The summed E-state index contributed by atoms with van der Waals surface area (Å²) < 4.78 is 11.2. The Labute approximate surface area is 153 Å². The molecular weight excluding hydrogens is 353 g/mol. The Hall–Kier alpha value is -1.02. The molecule has 1 saturated heterocycles. The molecule has 0 N–H and O–H groups in total. The van der Waals surface area contributed by atoms with Gasteiger partial charge in [-0.1, -0.05) is 45.3 Å². The fraction of sp³-hybridized carbons (Fsp3) is 0.444. The van der Waals surface area contributed by atoms with Crippen molar-refractivity contribution in [2.24, 2.45) is 11.8 Å². The van der Waals surface area contributed by atoms with Crippen molar-refractivity contribution in [2.75, 3.05) is 0 Å². The third-order valence-corrected chi connectivity index (χ3v) is 5.69. The summed E-state index contributed by atoms with van der Waals surface area (Å²) in [5, 5.41) is 0. The predicted octanol–water partition coefficient (Wildman–Crippen LogP) is 3.35. The van der Waals surface area contributed by atoms with Gasteiger partial charge >= 0.3 is 5.97 Å². The van der Waals surface area contributed by atoms with Gasteiger partial charge in [0.1, 0.15) is 6.10 Å². The third-order valence-electron chi connectivity index (χ3n) is 4.82. The maximum atomic E-state index is 12.2. The second-order valence-corrected chi connectivity index (χ2v) is 8.98. The summed E-state index contributed by atoms with van der Waals surface area (Å²) in [5.41, 5.74) is 1.15. The zero-order chi connectivity index (χ0) is 17.8. The fourth-order valence-corrected chi connectivity index (χ4v) is 4.66. The minimum Gasteiger partial charge on any atom is -0.462 e. The van der Waals surface area contributed by atoms with Crippen LogP contribution >= 0.6 is 16.6 Å². The van der Waals surface area contributed by atoms with E-state index in [-0.39, 0.29) is 35.8 Å². The average molecular weight is 374 g/mol. The van der Waals surface area contributed by atoms with E-state index in [9.17, 15) is 9.59 Å². The largest absolute Gasteiger partial charge is 0.462 e. The van der Waals surface area contributed by atoms with Crippen molar-refractivity contribution in [2.45, 2.75) is 37.9 Å². The van der Waals surface area contributed by atoms with Crippen LogP contribution in [0.25, 0.3) is 0 Å². The van der Waals surface area contributed by atoms with Crippen molar-refractivity contribution in [1.82, 2.24) is 0 Å². The molecule has 1 aliphatic carbocycles. The predicted molar refractivity (Wildman–Crippen MR) is 102 cm³/mol. The van der Waals surface area contributed by atoms with E-state index in [2.05, 4.69) is 8.93 Å². The molecule has 6 unspecified atom stereocenters. The van der Waals surface area contributed by atoms with Gasteiger partial charge in [-0.05, 0) is 25.8 Å². The number of carbonyl (C=O) groups excluding carboxylic acids is 2. The van der Waals surface area contributed by atoms with Crippen LogP contribution in [0.1, 0.15) is 24.8 Å². The number of ketones is 1. The molecule has 1 heterocycles. The molecule has 1 aliphatic heterocycles. The van der Waals surface area contributed by atoms with Gasteiger partial charge in [0.25, 0.3) is 0 Å². The minimum atomic E-state index is -1.07. The smallest absolute Gasteiger partial charge is 0.306 e. The topological polar surface area (TPSA) is 52.6 Å². The normalized spacial score (nSPS) is 29.6. The van der Waals surface area contributed by atoms with Gasteiger partial charge in [0.2, 0.25) is 0 Å². The monoisotopic (exact) mass is 374 g/mol. The van der Waals surface area contributed by atoms with Gasteiger partial charge in [0.15, 0.2) is 13.3 Å². The van der Waals surface area contributed by atoms with Gasteiger partial charge in [0.05, 0.1) is 12.5 Å². The summed E-state index contributed by atoms with van der Waals surface area (Å²) in [6.45, 7) is 0. The molecule has 0 amide bonds. The highest BCUT2D eigenvalue weighted by molar-refractivity contribution is 8.23. The number of allylic oxidation sites excluding steroid dienone is 1. The summed E-state index contributed by atoms with van der Waals surface area (Å²) in [7, 11) is 7.19. The van der Waals surface area contributed by atoms with Crippen LogP contribution in [0.2, 0.25) is 0 Å². The first-order chi connectivity index (χ1) is 12.0. The van der Waals surface area contributed by atoms with E-state index in [0.29, 0.717) is 19.3 Å². The summed E-state index contributed by atoms with van der Waals surface area (Å²) in [6, 6.07) is 9.95. The summed E-state index contributed by atoms with van der Waals surface area (Å²) in [6.07, 6.45) is 5.54. The highest BCUT2D eigenvalue weighted by Crippen LogP contribution is 2.50. The Morgan fingerprint density at radius 1 is 1.40 bits per heavy atom. The molecule has 130 valence electrons. The Balaban J connectivity index is 1.60. The van der Waals surface area contributed by atoms with Crippen molar-refractivity contribution in [3.63, 3.8) is 0 Å². The molecule has 0 spiro atoms. The molecule has 1 saturated carbocycles. The minimum absolute atomic E-state index is 0.00812. The molecule has 0 bridgehead atoms. The third kappa shape index (κ3) is 5.00. The van der Waals surface area contributed by atoms with Crippen LogP contribution in [0, 0.1) is 11.8 Å². The molecule has 1 aromatic carbocycles. The van der Waals surface area contributed by atoms with Gasteiger partial charge in [-0.25, -0.2) is 0 Å². The number of rotatable bonds is 7. The van der Waals surface area contributed by atoms with Crippen LogP contribution in [-0.4, -0.2) is 31.5 Å². The van der Waals surface area contributed by atoms with Gasteiger partial charge in [-0.3, -0.25) is 9.59 Å². The van der Waals surface area contributed by atoms with E-state index in [0.717, 1.165) is 12.0 Å². The van der Waals surface area contributed by atoms with Crippen molar-refractivity contribution >= 4 is 36.0 Å². The molecular formula is C18H21BO4P2. The van der Waals surface area contributed by atoms with Crippen molar-refractivity contribution in [3.8, 4) is 0 Å². The van der Waals surface area contributed by atoms with Crippen LogP contribution < -0.4 is 0 Å². The highest BCUT2D eigenvalue weighted by atomic mass is 32.0. The molecule has 0 aromatic heterocycles. The first kappa shape index (κ1) is 18.8. The molecule has 2 fully saturated rings. The average Bonchev–Trinajstić information content (AvgIpc) is 3.07. The van der Waals surface area contributed by atoms with E-state index in [1.165, 1.54) is 0 Å². The number of fused-ring (bicyclic) bond motifs is 1. The van der Waals surface area contributed by atoms with Crippen molar-refractivity contribution < 1.29 is 18.8 Å². The van der Waals surface area contributed by atoms with Gasteiger partial charge in [0, 0.05) is 24.7 Å². The van der Waals surface area contributed by atoms with Crippen LogP contribution in [0.4, 0.5) is 0 Å². The van der Waals surface area contributed by atoms with Crippen LogP contribution in [0.15, 0.2) is 42.5 Å². The van der Waals surface area contributed by atoms with Crippen molar-refractivity contribution in [1.29, 1.82) is 0 Å². The molecule has 7 heteroatoms. The number of aryl methyl sites for hydroxylation is 1. The Morgan fingerprint density at radius 2 is 2.16 bits per heavy atom. The molecule has 1 aromatic rings. The first-order valence-corrected chi connectivity index (χ1v) is 11.4. The van der Waals surface area contributed by atoms with E-state index in [1.807, 2.05) is 36.4 Å². The summed E-state index contributed by atoms with van der Waals surface area (Å²) in [4.78, 5) is 23.8. The number of benzene rings is 1. The second kappa shape index (κ2) is 8.58. The maximum Gasteiger partial charge on any atom is 0.306 e. The van der Waals surface area contributed by atoms with Crippen LogP contribution in [0.3, 0.4) is 0 Å². The van der Waals surface area contributed by atoms with E-state index >= 15 is 0 Å². The Morgan fingerprint density at radius 3 is 2.88 bits per heavy atom. The number of ether oxygens (including phenoxy) is 1. The second-order valence-electron chi connectivity index (χ2n) is 6.52.